The number of rotatable bonds is 15. The fourth-order valence-electron chi connectivity index (χ4n) is 2.58. The van der Waals surface area contributed by atoms with Crippen LogP contribution in [0.4, 0.5) is 0 Å². The van der Waals surface area contributed by atoms with Crippen LogP contribution in [0, 0.1) is 0 Å². The minimum absolute atomic E-state index is 0.295. The highest BCUT2D eigenvalue weighted by molar-refractivity contribution is 4.77. The highest BCUT2D eigenvalue weighted by Crippen LogP contribution is 2.13. The quantitative estimate of drug-likeness (QED) is 0.350. The Balaban J connectivity index is 3.28. The van der Waals surface area contributed by atoms with E-state index in [1.807, 2.05) is 0 Å². The van der Waals surface area contributed by atoms with Crippen LogP contribution in [-0.4, -0.2) is 40.2 Å². The van der Waals surface area contributed by atoms with Crippen molar-refractivity contribution in [3.8, 4) is 0 Å². The molecule has 5 N–H and O–H groups in total. The number of hydrogen-bond acceptors (Lipinski definition) is 4. The van der Waals surface area contributed by atoms with Crippen LogP contribution in [-0.2, 0) is 0 Å². The Bertz CT molecular complexity index is 214. The number of aliphatic hydroxyl groups is 3. The van der Waals surface area contributed by atoms with Gasteiger partial charge < -0.3 is 21.1 Å². The topological polar surface area (TPSA) is 86.7 Å². The minimum atomic E-state index is -1.02. The van der Waals surface area contributed by atoms with E-state index in [4.69, 9.17) is 10.8 Å². The Hall–Kier alpha value is -0.160. The molecule has 0 aromatic rings. The lowest BCUT2D eigenvalue weighted by Gasteiger charge is -2.22. The lowest BCUT2D eigenvalue weighted by Crippen LogP contribution is -2.45. The number of unbranched alkanes of at least 4 members (excludes halogenated alkanes) is 10. The van der Waals surface area contributed by atoms with Gasteiger partial charge in [-0.3, -0.25) is 0 Å². The molecule has 0 rings (SSSR count). The molecule has 4 heteroatoms. The second kappa shape index (κ2) is 14.8. The second-order valence-electron chi connectivity index (χ2n) is 6.23. The van der Waals surface area contributed by atoms with Crippen LogP contribution in [0.25, 0.3) is 0 Å². The molecule has 21 heavy (non-hydrogen) atoms. The van der Waals surface area contributed by atoms with Crippen molar-refractivity contribution in [3.63, 3.8) is 0 Å². The van der Waals surface area contributed by atoms with E-state index < -0.39 is 18.2 Å². The SMILES string of the molecule is CCCCCCCCCCCCCC(O)C(O)C(N)CO. The van der Waals surface area contributed by atoms with Gasteiger partial charge in [0, 0.05) is 0 Å². The maximum atomic E-state index is 9.72. The average Bonchev–Trinajstić information content (AvgIpc) is 2.50. The summed E-state index contributed by atoms with van der Waals surface area (Å²) in [6.45, 7) is 1.95. The Kier molecular flexibility index (Phi) is 14.7. The lowest BCUT2D eigenvalue weighted by atomic mass is 10.00. The van der Waals surface area contributed by atoms with E-state index in [9.17, 15) is 10.2 Å². The minimum Gasteiger partial charge on any atom is -0.395 e. The largest absolute Gasteiger partial charge is 0.395 e. The zero-order valence-electron chi connectivity index (χ0n) is 13.8. The van der Waals surface area contributed by atoms with Gasteiger partial charge in [-0.2, -0.15) is 0 Å². The molecule has 0 bridgehead atoms. The Morgan fingerprint density at radius 2 is 1.19 bits per heavy atom. The first kappa shape index (κ1) is 20.8. The molecule has 3 atom stereocenters. The monoisotopic (exact) mass is 303 g/mol. The van der Waals surface area contributed by atoms with Gasteiger partial charge in [-0.15, -0.1) is 0 Å². The van der Waals surface area contributed by atoms with Gasteiger partial charge in [0.05, 0.1) is 24.9 Å². The van der Waals surface area contributed by atoms with Gasteiger partial charge in [-0.1, -0.05) is 77.6 Å². The van der Waals surface area contributed by atoms with Crippen LogP contribution < -0.4 is 5.73 Å². The van der Waals surface area contributed by atoms with Crippen molar-refractivity contribution in [2.24, 2.45) is 5.73 Å². The van der Waals surface area contributed by atoms with Crippen molar-refractivity contribution in [3.05, 3.63) is 0 Å². The molecule has 0 aliphatic rings. The van der Waals surface area contributed by atoms with E-state index in [1.165, 1.54) is 57.8 Å². The van der Waals surface area contributed by atoms with E-state index in [1.54, 1.807) is 0 Å². The molecule has 4 nitrogen and oxygen atoms in total. The molecular formula is C17H37NO3. The normalized spacial score (nSPS) is 15.9. The van der Waals surface area contributed by atoms with Crippen molar-refractivity contribution in [2.45, 2.75) is 102 Å². The van der Waals surface area contributed by atoms with Gasteiger partial charge in [0.25, 0.3) is 0 Å². The van der Waals surface area contributed by atoms with Gasteiger partial charge in [0.1, 0.15) is 0 Å². The molecule has 0 fully saturated rings. The maximum absolute atomic E-state index is 9.72. The molecule has 0 aromatic carbocycles. The molecule has 0 saturated heterocycles. The summed E-state index contributed by atoms with van der Waals surface area (Å²) >= 11 is 0. The zero-order valence-corrected chi connectivity index (χ0v) is 13.8. The highest BCUT2D eigenvalue weighted by atomic mass is 16.3. The summed E-state index contributed by atoms with van der Waals surface area (Å²) in [7, 11) is 0. The third kappa shape index (κ3) is 12.1. The third-order valence-electron chi connectivity index (χ3n) is 4.15. The maximum Gasteiger partial charge on any atom is 0.0971 e. The summed E-state index contributed by atoms with van der Waals surface area (Å²) in [5.41, 5.74) is 5.49. The molecule has 0 spiro atoms. The van der Waals surface area contributed by atoms with Crippen molar-refractivity contribution in [1.82, 2.24) is 0 Å². The van der Waals surface area contributed by atoms with Crippen LogP contribution in [0.3, 0.4) is 0 Å². The molecule has 0 amide bonds. The average molecular weight is 303 g/mol. The molecule has 0 radical (unpaired) electrons. The number of nitrogens with two attached hydrogens (primary N) is 1. The predicted molar refractivity (Wildman–Crippen MR) is 88.2 cm³/mol. The fourth-order valence-corrected chi connectivity index (χ4v) is 2.58. The summed E-state index contributed by atoms with van der Waals surface area (Å²) in [5.74, 6) is 0. The summed E-state index contributed by atoms with van der Waals surface area (Å²) in [6, 6.07) is -0.743. The van der Waals surface area contributed by atoms with Gasteiger partial charge in [-0.05, 0) is 6.42 Å². The van der Waals surface area contributed by atoms with Gasteiger partial charge in [0.2, 0.25) is 0 Å². The molecule has 0 heterocycles. The van der Waals surface area contributed by atoms with Gasteiger partial charge in [0.15, 0.2) is 0 Å². The summed E-state index contributed by atoms with van der Waals surface area (Å²) in [6.07, 6.45) is 12.7. The van der Waals surface area contributed by atoms with E-state index in [0.717, 1.165) is 12.8 Å². The fraction of sp³-hybridized carbons (Fsp3) is 1.00. The summed E-state index contributed by atoms with van der Waals surface area (Å²) < 4.78 is 0. The lowest BCUT2D eigenvalue weighted by molar-refractivity contribution is -0.0121. The van der Waals surface area contributed by atoms with Crippen LogP contribution in [0.1, 0.15) is 84.0 Å². The van der Waals surface area contributed by atoms with Gasteiger partial charge >= 0.3 is 0 Å². The van der Waals surface area contributed by atoms with Crippen LogP contribution >= 0.6 is 0 Å². The van der Waals surface area contributed by atoms with E-state index in [2.05, 4.69) is 6.92 Å². The van der Waals surface area contributed by atoms with Crippen molar-refractivity contribution in [2.75, 3.05) is 6.61 Å². The molecule has 0 aliphatic heterocycles. The first-order valence-electron chi connectivity index (χ1n) is 8.86. The van der Waals surface area contributed by atoms with Crippen molar-refractivity contribution in [1.29, 1.82) is 0 Å². The smallest absolute Gasteiger partial charge is 0.0971 e. The Labute approximate surface area is 130 Å². The summed E-state index contributed by atoms with van der Waals surface area (Å²) in [5, 5.41) is 28.2. The highest BCUT2D eigenvalue weighted by Gasteiger charge is 2.22. The first-order chi connectivity index (χ1) is 10.1. The summed E-state index contributed by atoms with van der Waals surface area (Å²) in [4.78, 5) is 0. The molecule has 0 aliphatic carbocycles. The third-order valence-corrected chi connectivity index (χ3v) is 4.15. The van der Waals surface area contributed by atoms with E-state index >= 15 is 0 Å². The predicted octanol–water partition coefficient (Wildman–Crippen LogP) is 2.73. The standard InChI is InChI=1S/C17H37NO3/c1-2-3-4-5-6-7-8-9-10-11-12-13-16(20)17(21)15(18)14-19/h15-17,19-21H,2-14,18H2,1H3. The molecule has 0 saturated carbocycles. The molecule has 3 unspecified atom stereocenters. The molecular weight excluding hydrogens is 266 g/mol. The zero-order chi connectivity index (χ0) is 15.9. The Morgan fingerprint density at radius 1 is 0.762 bits per heavy atom. The van der Waals surface area contributed by atoms with Gasteiger partial charge in [-0.25, -0.2) is 0 Å². The van der Waals surface area contributed by atoms with Crippen molar-refractivity contribution >= 4 is 0 Å². The van der Waals surface area contributed by atoms with Crippen molar-refractivity contribution < 1.29 is 15.3 Å². The van der Waals surface area contributed by atoms with Crippen LogP contribution in [0.15, 0.2) is 0 Å². The van der Waals surface area contributed by atoms with E-state index in [-0.39, 0.29) is 6.61 Å². The first-order valence-corrected chi connectivity index (χ1v) is 8.86. The number of aliphatic hydroxyl groups excluding tert-OH is 3. The van der Waals surface area contributed by atoms with Crippen LogP contribution in [0.2, 0.25) is 0 Å². The molecule has 0 aromatic heterocycles. The Morgan fingerprint density at radius 3 is 1.62 bits per heavy atom. The number of hydrogen-bond donors (Lipinski definition) is 4. The molecule has 128 valence electrons. The van der Waals surface area contributed by atoms with Crippen LogP contribution in [0.5, 0.6) is 0 Å². The van der Waals surface area contributed by atoms with E-state index in [0.29, 0.717) is 6.42 Å². The second-order valence-corrected chi connectivity index (χ2v) is 6.23.